The van der Waals surface area contributed by atoms with Crippen molar-refractivity contribution in [1.82, 2.24) is 5.32 Å². The highest BCUT2D eigenvalue weighted by Crippen LogP contribution is 2.33. The van der Waals surface area contributed by atoms with Gasteiger partial charge in [-0.3, -0.25) is 0 Å². The molecule has 0 aromatic carbocycles. The van der Waals surface area contributed by atoms with Gasteiger partial charge >= 0.3 is 0 Å². The minimum atomic E-state index is 0.449. The minimum Gasteiger partial charge on any atom is -0.370 e. The van der Waals surface area contributed by atoms with Crippen LogP contribution in [-0.4, -0.2) is 29.0 Å². The zero-order valence-corrected chi connectivity index (χ0v) is 7.40. The van der Waals surface area contributed by atoms with Crippen molar-refractivity contribution < 1.29 is 0 Å². The largest absolute Gasteiger partial charge is 0.370 e. The van der Waals surface area contributed by atoms with E-state index in [-0.39, 0.29) is 0 Å². The van der Waals surface area contributed by atoms with Crippen molar-refractivity contribution >= 4 is 17.7 Å². The Labute approximate surface area is 70.8 Å². The van der Waals surface area contributed by atoms with E-state index >= 15 is 0 Å². The Bertz CT molecular complexity index is 192. The fourth-order valence-corrected chi connectivity index (χ4v) is 3.15. The van der Waals surface area contributed by atoms with E-state index in [0.29, 0.717) is 23.3 Å². The molecule has 2 aliphatic heterocycles. The van der Waals surface area contributed by atoms with E-state index in [1.165, 1.54) is 6.42 Å². The maximum atomic E-state index is 5.57. The normalized spacial score (nSPS) is 41.5. The first-order valence-corrected chi connectivity index (χ1v) is 5.07. The smallest absolute Gasteiger partial charge is 0.189 e. The zero-order chi connectivity index (χ0) is 7.84. The summed E-state index contributed by atoms with van der Waals surface area (Å²) in [6.07, 6.45) is 1.20. The summed E-state index contributed by atoms with van der Waals surface area (Å²) in [5.41, 5.74) is 5.57. The van der Waals surface area contributed by atoms with Gasteiger partial charge in [0.25, 0.3) is 0 Å². The van der Waals surface area contributed by atoms with E-state index in [2.05, 4.69) is 17.2 Å². The van der Waals surface area contributed by atoms with Crippen molar-refractivity contribution in [3.05, 3.63) is 0 Å². The molecule has 0 aromatic rings. The summed E-state index contributed by atoms with van der Waals surface area (Å²) in [4.78, 5) is 4.37. The lowest BCUT2D eigenvalue weighted by Crippen LogP contribution is -2.38. The monoisotopic (exact) mass is 171 g/mol. The molecule has 1 saturated heterocycles. The summed E-state index contributed by atoms with van der Waals surface area (Å²) in [6.45, 7) is 2.21. The number of fused-ring (bicyclic) bond motifs is 1. The van der Waals surface area contributed by atoms with Crippen LogP contribution in [0.15, 0.2) is 4.99 Å². The molecular weight excluding hydrogens is 158 g/mol. The van der Waals surface area contributed by atoms with Gasteiger partial charge in [-0.2, -0.15) is 11.8 Å². The summed E-state index contributed by atoms with van der Waals surface area (Å²) in [7, 11) is 0. The highest BCUT2D eigenvalue weighted by molar-refractivity contribution is 8.00. The number of hydrogen-bond acceptors (Lipinski definition) is 4. The van der Waals surface area contributed by atoms with Crippen molar-refractivity contribution in [2.24, 2.45) is 10.7 Å². The first-order valence-electron chi connectivity index (χ1n) is 4.02. The van der Waals surface area contributed by atoms with Crippen LogP contribution >= 0.6 is 11.8 Å². The third-order valence-corrected chi connectivity index (χ3v) is 3.90. The van der Waals surface area contributed by atoms with Crippen molar-refractivity contribution in [2.45, 2.75) is 30.7 Å². The summed E-state index contributed by atoms with van der Waals surface area (Å²) in [5.74, 6) is 1.80. The van der Waals surface area contributed by atoms with E-state index < -0.39 is 0 Å². The van der Waals surface area contributed by atoms with Crippen LogP contribution in [0.3, 0.4) is 0 Å². The zero-order valence-electron chi connectivity index (χ0n) is 6.58. The summed E-state index contributed by atoms with van der Waals surface area (Å²) < 4.78 is 0. The van der Waals surface area contributed by atoms with Crippen LogP contribution in [0.4, 0.5) is 0 Å². The molecule has 0 saturated carbocycles. The molecule has 62 valence electrons. The third kappa shape index (κ3) is 1.09. The third-order valence-electron chi connectivity index (χ3n) is 2.31. The molecule has 0 bridgehead atoms. The molecule has 0 radical (unpaired) electrons. The van der Waals surface area contributed by atoms with Gasteiger partial charge in [0.05, 0.1) is 12.1 Å². The molecule has 2 aliphatic rings. The predicted molar refractivity (Wildman–Crippen MR) is 48.9 cm³/mol. The highest BCUT2D eigenvalue weighted by atomic mass is 32.2. The van der Waals surface area contributed by atoms with Crippen LogP contribution in [0.1, 0.15) is 13.3 Å². The minimum absolute atomic E-state index is 0.449. The van der Waals surface area contributed by atoms with Crippen molar-refractivity contribution in [3.8, 4) is 0 Å². The molecule has 4 heteroatoms. The fraction of sp³-hybridized carbons (Fsp3) is 0.857. The Morgan fingerprint density at radius 2 is 2.64 bits per heavy atom. The van der Waals surface area contributed by atoms with Crippen LogP contribution in [0.25, 0.3) is 0 Å². The lowest BCUT2D eigenvalue weighted by Gasteiger charge is -2.11. The van der Waals surface area contributed by atoms with Crippen LogP contribution in [0, 0.1) is 0 Å². The Hall–Kier alpha value is -0.380. The number of hydrogen-bond donors (Lipinski definition) is 2. The second-order valence-corrected chi connectivity index (χ2v) is 4.31. The Morgan fingerprint density at radius 3 is 3.36 bits per heavy atom. The summed E-state index contributed by atoms with van der Waals surface area (Å²) in [5, 5.41) is 3.88. The van der Waals surface area contributed by atoms with Crippen molar-refractivity contribution in [2.75, 3.05) is 5.75 Å². The van der Waals surface area contributed by atoms with E-state index in [1.807, 2.05) is 11.8 Å². The Kier molecular flexibility index (Phi) is 1.71. The van der Waals surface area contributed by atoms with Gasteiger partial charge in [-0.05, 0) is 6.42 Å². The number of aliphatic imine (C=N–C) groups is 1. The van der Waals surface area contributed by atoms with Gasteiger partial charge in [0, 0.05) is 11.0 Å². The molecular formula is C7H13N3S. The van der Waals surface area contributed by atoms with E-state index in [1.54, 1.807) is 0 Å². The second-order valence-electron chi connectivity index (χ2n) is 3.04. The van der Waals surface area contributed by atoms with Crippen molar-refractivity contribution in [3.63, 3.8) is 0 Å². The van der Waals surface area contributed by atoms with Crippen LogP contribution in [-0.2, 0) is 0 Å². The van der Waals surface area contributed by atoms with Crippen LogP contribution in [0.2, 0.25) is 0 Å². The lowest BCUT2D eigenvalue weighted by molar-refractivity contribution is 0.566. The number of rotatable bonds is 1. The maximum absolute atomic E-state index is 5.57. The molecule has 3 N–H and O–H groups in total. The number of thioether (sulfide) groups is 1. The topological polar surface area (TPSA) is 50.4 Å². The fourth-order valence-electron chi connectivity index (χ4n) is 1.73. The second kappa shape index (κ2) is 2.59. The van der Waals surface area contributed by atoms with Crippen LogP contribution < -0.4 is 11.1 Å². The first-order chi connectivity index (χ1) is 5.31. The van der Waals surface area contributed by atoms with Gasteiger partial charge in [-0.25, -0.2) is 4.99 Å². The molecule has 3 atom stereocenters. The summed E-state index contributed by atoms with van der Waals surface area (Å²) in [6, 6.07) is 0.968. The SMILES string of the molecule is CCC1SCC2NC(N)=NC21. The molecule has 0 aromatic heterocycles. The standard InChI is InChI=1S/C7H13N3S/c1-2-5-6-4(3-11-5)9-7(8)10-6/h4-6H,2-3H2,1H3,(H3,8,9,10). The van der Waals surface area contributed by atoms with Crippen LogP contribution in [0.5, 0.6) is 0 Å². The van der Waals surface area contributed by atoms with Gasteiger partial charge in [0.2, 0.25) is 0 Å². The molecule has 0 aliphatic carbocycles. The highest BCUT2D eigenvalue weighted by Gasteiger charge is 2.39. The average Bonchev–Trinajstić information content (AvgIpc) is 2.45. The lowest BCUT2D eigenvalue weighted by atomic mass is 10.1. The Morgan fingerprint density at radius 1 is 1.82 bits per heavy atom. The molecule has 11 heavy (non-hydrogen) atoms. The van der Waals surface area contributed by atoms with Gasteiger partial charge in [0.15, 0.2) is 5.96 Å². The molecule has 0 spiro atoms. The summed E-state index contributed by atoms with van der Waals surface area (Å²) >= 11 is 2.01. The molecule has 1 fully saturated rings. The number of nitrogens with one attached hydrogen (secondary N) is 1. The number of nitrogens with two attached hydrogens (primary N) is 1. The van der Waals surface area contributed by atoms with Gasteiger partial charge in [-0.1, -0.05) is 6.92 Å². The number of guanidine groups is 1. The average molecular weight is 171 g/mol. The van der Waals surface area contributed by atoms with Gasteiger partial charge in [0.1, 0.15) is 0 Å². The molecule has 0 amide bonds. The maximum Gasteiger partial charge on any atom is 0.189 e. The molecule has 2 rings (SSSR count). The van der Waals surface area contributed by atoms with Gasteiger partial charge in [-0.15, -0.1) is 0 Å². The Balaban J connectivity index is 2.11. The van der Waals surface area contributed by atoms with Crippen molar-refractivity contribution in [1.29, 1.82) is 0 Å². The van der Waals surface area contributed by atoms with E-state index in [0.717, 1.165) is 5.75 Å². The molecule has 2 heterocycles. The predicted octanol–water partition coefficient (Wildman–Crippen LogP) is 0.167. The first kappa shape index (κ1) is 7.28. The number of nitrogens with zero attached hydrogens (tertiary/aromatic N) is 1. The molecule has 3 nitrogen and oxygen atoms in total. The van der Waals surface area contributed by atoms with Gasteiger partial charge < -0.3 is 11.1 Å². The van der Waals surface area contributed by atoms with E-state index in [9.17, 15) is 0 Å². The van der Waals surface area contributed by atoms with E-state index in [4.69, 9.17) is 5.73 Å². The molecule has 3 unspecified atom stereocenters. The quantitative estimate of drug-likeness (QED) is 0.591.